The van der Waals surface area contributed by atoms with Crippen LogP contribution in [-0.4, -0.2) is 41.7 Å². The van der Waals surface area contributed by atoms with E-state index in [1.807, 2.05) is 0 Å². The lowest BCUT2D eigenvalue weighted by Gasteiger charge is -2.33. The van der Waals surface area contributed by atoms with Crippen LogP contribution in [0, 0.1) is 5.92 Å². The smallest absolute Gasteiger partial charge is 0.236 e. The summed E-state index contributed by atoms with van der Waals surface area (Å²) < 4.78 is 0. The molecule has 1 atom stereocenters. The average Bonchev–Trinajstić information content (AvgIpc) is 3.29. The molecule has 1 saturated heterocycles. The number of amides is 1. The molecule has 0 aromatic heterocycles. The summed E-state index contributed by atoms with van der Waals surface area (Å²) in [6.07, 6.45) is 5.94. The molecule has 22 heavy (non-hydrogen) atoms. The summed E-state index contributed by atoms with van der Waals surface area (Å²) in [5.41, 5.74) is 1.34. The Balaban J connectivity index is 1.27. The van der Waals surface area contributed by atoms with Crippen molar-refractivity contribution in [3.8, 4) is 0 Å². The number of carbonyl (C=O) groups is 1. The van der Waals surface area contributed by atoms with Crippen LogP contribution in [0.4, 0.5) is 0 Å². The predicted molar refractivity (Wildman–Crippen MR) is 90.1 cm³/mol. The highest BCUT2D eigenvalue weighted by atomic mass is 32.2. The van der Waals surface area contributed by atoms with Crippen molar-refractivity contribution in [1.82, 2.24) is 10.2 Å². The molecule has 0 spiro atoms. The lowest BCUT2D eigenvalue weighted by Crippen LogP contribution is -2.47. The number of rotatable bonds is 4. The molecule has 1 aromatic carbocycles. The minimum Gasteiger partial charge on any atom is -0.342 e. The van der Waals surface area contributed by atoms with Gasteiger partial charge in [0.05, 0.1) is 5.25 Å². The topological polar surface area (TPSA) is 32.3 Å². The van der Waals surface area contributed by atoms with Crippen LogP contribution in [0.1, 0.15) is 31.2 Å². The molecule has 0 radical (unpaired) electrons. The number of hydrogen-bond donors (Lipinski definition) is 1. The van der Waals surface area contributed by atoms with Crippen LogP contribution in [0.3, 0.4) is 0 Å². The number of piperidine rings is 1. The first-order valence-electron chi connectivity index (χ1n) is 8.56. The van der Waals surface area contributed by atoms with Crippen molar-refractivity contribution in [2.45, 2.75) is 48.3 Å². The van der Waals surface area contributed by atoms with Gasteiger partial charge in [-0.25, -0.2) is 0 Å². The van der Waals surface area contributed by atoms with E-state index in [-0.39, 0.29) is 5.25 Å². The Bertz CT molecular complexity index is 525. The second-order valence-corrected chi connectivity index (χ2v) is 8.11. The van der Waals surface area contributed by atoms with Crippen LogP contribution >= 0.6 is 11.8 Å². The lowest BCUT2D eigenvalue weighted by atomic mass is 10.0. The summed E-state index contributed by atoms with van der Waals surface area (Å²) in [4.78, 5) is 16.1. The SMILES string of the molecule is O=C(C1Cc2ccccc2S1)N1CCC(NCC2CC2)CC1. The average molecular weight is 316 g/mol. The van der Waals surface area contributed by atoms with Crippen molar-refractivity contribution >= 4 is 17.7 Å². The molecule has 1 aliphatic carbocycles. The predicted octanol–water partition coefficient (Wildman–Crippen LogP) is 2.69. The highest BCUT2D eigenvalue weighted by molar-refractivity contribution is 8.01. The number of nitrogens with zero attached hydrogens (tertiary/aromatic N) is 1. The quantitative estimate of drug-likeness (QED) is 0.927. The number of carbonyl (C=O) groups excluding carboxylic acids is 1. The molecule has 2 fully saturated rings. The van der Waals surface area contributed by atoms with E-state index in [2.05, 4.69) is 34.5 Å². The van der Waals surface area contributed by atoms with E-state index in [4.69, 9.17) is 0 Å². The monoisotopic (exact) mass is 316 g/mol. The highest BCUT2D eigenvalue weighted by Crippen LogP contribution is 2.38. The molecule has 0 bridgehead atoms. The first-order valence-corrected chi connectivity index (χ1v) is 9.44. The van der Waals surface area contributed by atoms with Crippen LogP contribution in [0.25, 0.3) is 0 Å². The minimum atomic E-state index is 0.105. The van der Waals surface area contributed by atoms with Gasteiger partial charge in [-0.3, -0.25) is 4.79 Å². The van der Waals surface area contributed by atoms with Crippen molar-refractivity contribution in [1.29, 1.82) is 0 Å². The number of nitrogens with one attached hydrogen (secondary N) is 1. The van der Waals surface area contributed by atoms with Gasteiger partial charge in [0.15, 0.2) is 0 Å². The van der Waals surface area contributed by atoms with Gasteiger partial charge in [-0.2, -0.15) is 0 Å². The summed E-state index contributed by atoms with van der Waals surface area (Å²) in [7, 11) is 0. The van der Waals surface area contributed by atoms with Crippen LogP contribution in [0.2, 0.25) is 0 Å². The van der Waals surface area contributed by atoms with Gasteiger partial charge < -0.3 is 10.2 Å². The van der Waals surface area contributed by atoms with Crippen molar-refractivity contribution in [3.05, 3.63) is 29.8 Å². The summed E-state index contributed by atoms with van der Waals surface area (Å²) in [5, 5.41) is 3.79. The molecule has 3 nitrogen and oxygen atoms in total. The number of hydrogen-bond acceptors (Lipinski definition) is 3. The summed E-state index contributed by atoms with van der Waals surface area (Å²) >= 11 is 1.75. The van der Waals surface area contributed by atoms with E-state index in [9.17, 15) is 4.79 Å². The molecule has 1 aromatic rings. The first kappa shape index (κ1) is 14.6. The summed E-state index contributed by atoms with van der Waals surface area (Å²) in [6.45, 7) is 3.04. The second kappa shape index (κ2) is 6.25. The minimum absolute atomic E-state index is 0.105. The van der Waals surface area contributed by atoms with E-state index in [1.54, 1.807) is 11.8 Å². The fraction of sp³-hybridized carbons (Fsp3) is 0.611. The molecule has 3 aliphatic rings. The third kappa shape index (κ3) is 3.18. The normalized spacial score (nSPS) is 25.3. The Morgan fingerprint density at radius 1 is 1.18 bits per heavy atom. The zero-order valence-electron chi connectivity index (χ0n) is 13.0. The molecular formula is C18H24N2OS. The Morgan fingerprint density at radius 2 is 1.95 bits per heavy atom. The highest BCUT2D eigenvalue weighted by Gasteiger charge is 2.33. The van der Waals surface area contributed by atoms with Crippen LogP contribution in [-0.2, 0) is 11.2 Å². The lowest BCUT2D eigenvalue weighted by molar-refractivity contribution is -0.131. The first-order chi connectivity index (χ1) is 10.8. The van der Waals surface area contributed by atoms with Crippen LogP contribution < -0.4 is 5.32 Å². The second-order valence-electron chi connectivity index (χ2n) is 6.87. The van der Waals surface area contributed by atoms with Gasteiger partial charge in [0.25, 0.3) is 0 Å². The largest absolute Gasteiger partial charge is 0.342 e. The Kier molecular flexibility index (Phi) is 4.14. The Labute approximate surface area is 136 Å². The molecular weight excluding hydrogens is 292 g/mol. The number of benzene rings is 1. The van der Waals surface area contributed by atoms with Crippen molar-refractivity contribution in [2.75, 3.05) is 19.6 Å². The van der Waals surface area contributed by atoms with Gasteiger partial charge >= 0.3 is 0 Å². The van der Waals surface area contributed by atoms with E-state index < -0.39 is 0 Å². The molecule has 4 rings (SSSR count). The molecule has 2 heterocycles. The van der Waals surface area contributed by atoms with Crippen LogP contribution in [0.15, 0.2) is 29.2 Å². The van der Waals surface area contributed by atoms with Gasteiger partial charge in [0, 0.05) is 24.0 Å². The molecule has 1 unspecified atom stereocenters. The van der Waals surface area contributed by atoms with E-state index in [1.165, 1.54) is 29.8 Å². The fourth-order valence-electron chi connectivity index (χ4n) is 3.48. The molecule has 4 heteroatoms. The Hall–Kier alpha value is -1.00. The zero-order valence-corrected chi connectivity index (χ0v) is 13.8. The third-order valence-electron chi connectivity index (χ3n) is 5.12. The van der Waals surface area contributed by atoms with Crippen LogP contribution in [0.5, 0.6) is 0 Å². The maximum absolute atomic E-state index is 12.7. The summed E-state index contributed by atoms with van der Waals surface area (Å²) in [5.74, 6) is 1.29. The molecule has 1 amide bonds. The van der Waals surface area contributed by atoms with Crippen molar-refractivity contribution in [3.63, 3.8) is 0 Å². The molecule has 1 N–H and O–H groups in total. The van der Waals surface area contributed by atoms with E-state index in [0.717, 1.165) is 38.3 Å². The van der Waals surface area contributed by atoms with Gasteiger partial charge in [-0.1, -0.05) is 18.2 Å². The number of likely N-dealkylation sites (tertiary alicyclic amines) is 1. The van der Waals surface area contributed by atoms with Gasteiger partial charge in [-0.15, -0.1) is 11.8 Å². The van der Waals surface area contributed by atoms with E-state index in [0.29, 0.717) is 11.9 Å². The standard InChI is InChI=1S/C18H24N2OS/c21-18(17-11-14-3-1-2-4-16(14)22-17)20-9-7-15(8-10-20)19-12-13-5-6-13/h1-4,13,15,17,19H,5-12H2. The van der Waals surface area contributed by atoms with Gasteiger partial charge in [0.1, 0.15) is 0 Å². The maximum Gasteiger partial charge on any atom is 0.236 e. The Morgan fingerprint density at radius 3 is 2.68 bits per heavy atom. The fourth-order valence-corrected chi connectivity index (χ4v) is 4.76. The molecule has 1 saturated carbocycles. The zero-order chi connectivity index (χ0) is 14.9. The van der Waals surface area contributed by atoms with E-state index >= 15 is 0 Å². The number of thioether (sulfide) groups is 1. The van der Waals surface area contributed by atoms with Gasteiger partial charge in [0.2, 0.25) is 5.91 Å². The summed E-state index contributed by atoms with van der Waals surface area (Å²) in [6, 6.07) is 9.06. The van der Waals surface area contributed by atoms with Gasteiger partial charge in [-0.05, 0) is 56.2 Å². The maximum atomic E-state index is 12.7. The third-order valence-corrected chi connectivity index (χ3v) is 6.43. The van der Waals surface area contributed by atoms with Crippen molar-refractivity contribution in [2.24, 2.45) is 5.92 Å². The molecule has 2 aliphatic heterocycles. The number of fused-ring (bicyclic) bond motifs is 1. The molecule has 118 valence electrons. The van der Waals surface area contributed by atoms with Crippen molar-refractivity contribution < 1.29 is 4.79 Å².